The molecule has 2 atom stereocenters. The first-order valence-electron chi connectivity index (χ1n) is 4.40. The molecule has 0 aromatic rings. The third-order valence-electron chi connectivity index (χ3n) is 2.41. The molecule has 0 radical (unpaired) electrons. The number of alkyl halides is 1. The van der Waals surface area contributed by atoms with E-state index in [9.17, 15) is 0 Å². The summed E-state index contributed by atoms with van der Waals surface area (Å²) < 4.78 is 0. The van der Waals surface area contributed by atoms with E-state index in [2.05, 4.69) is 5.92 Å². The molecule has 0 amide bonds. The van der Waals surface area contributed by atoms with Crippen LogP contribution in [-0.2, 0) is 0 Å². The molecular weight excluding hydrogens is 156 g/mol. The molecule has 1 fully saturated rings. The third-order valence-corrected chi connectivity index (χ3v) is 2.81. The maximum Gasteiger partial charge on any atom is 0.0338 e. The van der Waals surface area contributed by atoms with Crippen molar-refractivity contribution in [3.05, 3.63) is 0 Å². The van der Waals surface area contributed by atoms with Gasteiger partial charge in [0.25, 0.3) is 0 Å². The number of unbranched alkanes of at least 4 members (excludes halogenated alkanes) is 1. The van der Waals surface area contributed by atoms with E-state index in [0.29, 0.717) is 5.38 Å². The van der Waals surface area contributed by atoms with Crippen molar-refractivity contribution in [1.29, 1.82) is 0 Å². The first-order chi connectivity index (χ1) is 5.33. The van der Waals surface area contributed by atoms with Crippen molar-refractivity contribution < 1.29 is 0 Å². The van der Waals surface area contributed by atoms with Crippen LogP contribution in [0.5, 0.6) is 0 Å². The van der Waals surface area contributed by atoms with Crippen molar-refractivity contribution >= 4 is 11.6 Å². The molecule has 1 rings (SSSR count). The summed E-state index contributed by atoms with van der Waals surface area (Å²) >= 11 is 5.98. The first kappa shape index (κ1) is 8.94. The van der Waals surface area contributed by atoms with Crippen LogP contribution in [0.15, 0.2) is 0 Å². The highest BCUT2D eigenvalue weighted by atomic mass is 35.5. The van der Waals surface area contributed by atoms with Crippen LogP contribution in [0.1, 0.15) is 38.5 Å². The van der Waals surface area contributed by atoms with Gasteiger partial charge in [0, 0.05) is 11.8 Å². The summed E-state index contributed by atoms with van der Waals surface area (Å²) in [6.45, 7) is 0. The molecule has 11 heavy (non-hydrogen) atoms. The Morgan fingerprint density at radius 3 is 2.82 bits per heavy atom. The summed E-state index contributed by atoms with van der Waals surface area (Å²) in [5, 5.41) is 0.450. The highest BCUT2D eigenvalue weighted by molar-refractivity contribution is 6.20. The van der Waals surface area contributed by atoms with E-state index in [0.717, 1.165) is 12.3 Å². The topological polar surface area (TPSA) is 0 Å². The lowest BCUT2D eigenvalue weighted by molar-refractivity contribution is 0.489. The van der Waals surface area contributed by atoms with Gasteiger partial charge >= 0.3 is 0 Å². The van der Waals surface area contributed by atoms with Crippen LogP contribution < -0.4 is 0 Å². The molecule has 62 valence electrons. The van der Waals surface area contributed by atoms with Crippen molar-refractivity contribution in [2.24, 2.45) is 5.92 Å². The summed E-state index contributed by atoms with van der Waals surface area (Å²) in [5.41, 5.74) is 0. The fraction of sp³-hybridized carbons (Fsp3) is 0.800. The van der Waals surface area contributed by atoms with Crippen LogP contribution >= 0.6 is 11.6 Å². The molecule has 1 aliphatic rings. The summed E-state index contributed by atoms with van der Waals surface area (Å²) in [7, 11) is 0. The first-order valence-corrected chi connectivity index (χ1v) is 4.84. The Hall–Kier alpha value is -0.150. The van der Waals surface area contributed by atoms with Gasteiger partial charge < -0.3 is 0 Å². The van der Waals surface area contributed by atoms with Gasteiger partial charge in [0.1, 0.15) is 0 Å². The van der Waals surface area contributed by atoms with Gasteiger partial charge in [0.05, 0.1) is 0 Å². The molecular formula is C10H15Cl. The fourth-order valence-electron chi connectivity index (χ4n) is 1.77. The summed E-state index contributed by atoms with van der Waals surface area (Å²) in [5.74, 6) is 3.54. The second kappa shape index (κ2) is 4.67. The van der Waals surface area contributed by atoms with E-state index in [4.69, 9.17) is 18.0 Å². The van der Waals surface area contributed by atoms with E-state index in [1.165, 1.54) is 32.1 Å². The number of halogens is 1. The molecule has 1 heteroatoms. The molecule has 2 unspecified atom stereocenters. The highest BCUT2D eigenvalue weighted by Gasteiger charge is 2.21. The predicted molar refractivity (Wildman–Crippen MR) is 49.7 cm³/mol. The summed E-state index contributed by atoms with van der Waals surface area (Å²) in [6.07, 6.45) is 12.3. The monoisotopic (exact) mass is 170 g/mol. The van der Waals surface area contributed by atoms with Gasteiger partial charge in [-0.3, -0.25) is 0 Å². The van der Waals surface area contributed by atoms with Gasteiger partial charge in [0.15, 0.2) is 0 Å². The Morgan fingerprint density at radius 2 is 2.27 bits per heavy atom. The lowest BCUT2D eigenvalue weighted by atomic mass is 10.0. The molecule has 0 aromatic carbocycles. The van der Waals surface area contributed by atoms with Gasteiger partial charge in [-0.1, -0.05) is 0 Å². The van der Waals surface area contributed by atoms with Crippen molar-refractivity contribution in [2.45, 2.75) is 43.9 Å². The van der Waals surface area contributed by atoms with Gasteiger partial charge in [-0.05, 0) is 38.0 Å². The Balaban J connectivity index is 2.05. The minimum atomic E-state index is 0.450. The van der Waals surface area contributed by atoms with E-state index in [1.54, 1.807) is 0 Å². The smallest absolute Gasteiger partial charge is 0.0338 e. The normalized spacial score (nSPS) is 30.2. The number of hydrogen-bond donors (Lipinski definition) is 0. The number of terminal acetylenes is 1. The van der Waals surface area contributed by atoms with E-state index in [-0.39, 0.29) is 0 Å². The molecule has 0 aromatic heterocycles. The second-order valence-corrected chi connectivity index (χ2v) is 3.99. The summed E-state index contributed by atoms with van der Waals surface area (Å²) in [6, 6.07) is 0. The van der Waals surface area contributed by atoms with Crippen molar-refractivity contribution in [3.63, 3.8) is 0 Å². The quantitative estimate of drug-likeness (QED) is 0.347. The number of rotatable bonds is 3. The Kier molecular flexibility index (Phi) is 3.80. The van der Waals surface area contributed by atoms with Crippen LogP contribution in [0.3, 0.4) is 0 Å². The molecule has 0 N–H and O–H groups in total. The second-order valence-electron chi connectivity index (χ2n) is 3.37. The molecule has 0 saturated heterocycles. The molecule has 0 spiro atoms. The van der Waals surface area contributed by atoms with E-state index < -0.39 is 0 Å². The molecule has 0 bridgehead atoms. The standard InChI is InChI=1S/C10H15Cl/c1-2-3-4-5-9-6-7-10(11)8-9/h1,9-10H,3-8H2. The van der Waals surface area contributed by atoms with Gasteiger partial charge in [-0.15, -0.1) is 23.9 Å². The third kappa shape index (κ3) is 3.16. The largest absolute Gasteiger partial charge is 0.123 e. The molecule has 0 heterocycles. The zero-order chi connectivity index (χ0) is 8.10. The maximum absolute atomic E-state index is 5.98. The van der Waals surface area contributed by atoms with Crippen LogP contribution in [0.2, 0.25) is 0 Å². The molecule has 0 aliphatic heterocycles. The lowest BCUT2D eigenvalue weighted by Crippen LogP contribution is -1.94. The minimum Gasteiger partial charge on any atom is -0.123 e. The lowest BCUT2D eigenvalue weighted by Gasteiger charge is -2.05. The zero-order valence-corrected chi connectivity index (χ0v) is 7.61. The maximum atomic E-state index is 5.98. The minimum absolute atomic E-state index is 0.450. The van der Waals surface area contributed by atoms with E-state index >= 15 is 0 Å². The van der Waals surface area contributed by atoms with Gasteiger partial charge in [0.2, 0.25) is 0 Å². The fourth-order valence-corrected chi connectivity index (χ4v) is 2.15. The Morgan fingerprint density at radius 1 is 1.45 bits per heavy atom. The number of hydrogen-bond acceptors (Lipinski definition) is 0. The predicted octanol–water partition coefficient (Wildman–Crippen LogP) is 3.20. The van der Waals surface area contributed by atoms with Gasteiger partial charge in [-0.2, -0.15) is 0 Å². The molecule has 0 nitrogen and oxygen atoms in total. The average molecular weight is 171 g/mol. The van der Waals surface area contributed by atoms with Crippen LogP contribution in [0.4, 0.5) is 0 Å². The van der Waals surface area contributed by atoms with Crippen molar-refractivity contribution in [1.82, 2.24) is 0 Å². The van der Waals surface area contributed by atoms with Crippen molar-refractivity contribution in [2.75, 3.05) is 0 Å². The van der Waals surface area contributed by atoms with Crippen LogP contribution in [0, 0.1) is 18.3 Å². The van der Waals surface area contributed by atoms with Crippen LogP contribution in [0.25, 0.3) is 0 Å². The van der Waals surface area contributed by atoms with Crippen molar-refractivity contribution in [3.8, 4) is 12.3 Å². The Labute approximate surface area is 74.3 Å². The molecule has 1 aliphatic carbocycles. The summed E-state index contributed by atoms with van der Waals surface area (Å²) in [4.78, 5) is 0. The average Bonchev–Trinajstić information content (AvgIpc) is 2.37. The van der Waals surface area contributed by atoms with E-state index in [1.807, 2.05) is 0 Å². The SMILES string of the molecule is C#CCCCC1CCC(Cl)C1. The highest BCUT2D eigenvalue weighted by Crippen LogP contribution is 2.32. The molecule has 1 saturated carbocycles. The van der Waals surface area contributed by atoms with Crippen LogP contribution in [-0.4, -0.2) is 5.38 Å². The Bertz CT molecular complexity index is 145. The van der Waals surface area contributed by atoms with Gasteiger partial charge in [-0.25, -0.2) is 0 Å². The zero-order valence-electron chi connectivity index (χ0n) is 6.85.